The molecule has 23 heavy (non-hydrogen) atoms. The lowest BCUT2D eigenvalue weighted by Crippen LogP contribution is -2.38. The summed E-state index contributed by atoms with van der Waals surface area (Å²) in [6, 6.07) is 5.67. The van der Waals surface area contributed by atoms with Crippen molar-refractivity contribution in [1.82, 2.24) is 15.1 Å². The fourth-order valence-electron chi connectivity index (χ4n) is 2.00. The van der Waals surface area contributed by atoms with Crippen LogP contribution in [0.15, 0.2) is 36.7 Å². The number of ether oxygens (including phenoxy) is 1. The van der Waals surface area contributed by atoms with Crippen molar-refractivity contribution in [1.29, 1.82) is 0 Å². The largest absolute Gasteiger partial charge is 0.434 e. The smallest absolute Gasteiger partial charge is 0.387 e. The van der Waals surface area contributed by atoms with Gasteiger partial charge in [0.2, 0.25) is 0 Å². The number of carbonyl (C=O) groups is 1. The number of hydrogen-bond acceptors (Lipinski definition) is 4. The van der Waals surface area contributed by atoms with E-state index < -0.39 is 18.1 Å². The standard InChI is InChI=1S/C15H17F2N3O3/c1-15(22,10-7-19-20(2)8-10)9-18-13(21)11-5-3-4-6-12(11)23-14(16)17/h3-8,14,22H,9H2,1-2H3,(H,18,21). The van der Waals surface area contributed by atoms with E-state index in [1.54, 1.807) is 13.2 Å². The molecule has 1 aromatic heterocycles. The molecule has 0 radical (unpaired) electrons. The number of nitrogens with one attached hydrogen (secondary N) is 1. The number of nitrogens with zero attached hydrogens (tertiary/aromatic N) is 2. The van der Waals surface area contributed by atoms with Gasteiger partial charge in [0.25, 0.3) is 5.91 Å². The zero-order valence-corrected chi connectivity index (χ0v) is 12.7. The Labute approximate surface area is 131 Å². The number of aliphatic hydroxyl groups is 1. The molecule has 0 aliphatic carbocycles. The van der Waals surface area contributed by atoms with Crippen LogP contribution >= 0.6 is 0 Å². The van der Waals surface area contributed by atoms with E-state index in [9.17, 15) is 18.7 Å². The molecule has 6 nitrogen and oxygen atoms in total. The van der Waals surface area contributed by atoms with Crippen LogP contribution in [-0.2, 0) is 12.6 Å². The van der Waals surface area contributed by atoms with Gasteiger partial charge in [-0.3, -0.25) is 9.48 Å². The number of alkyl halides is 2. The Morgan fingerprint density at radius 1 is 1.48 bits per heavy atom. The minimum absolute atomic E-state index is 0.0326. The lowest BCUT2D eigenvalue weighted by Gasteiger charge is -2.22. The van der Waals surface area contributed by atoms with Crippen LogP contribution in [0.3, 0.4) is 0 Å². The molecule has 124 valence electrons. The molecule has 8 heteroatoms. The molecule has 0 saturated heterocycles. The summed E-state index contributed by atoms with van der Waals surface area (Å²) in [6.45, 7) is -1.62. The lowest BCUT2D eigenvalue weighted by atomic mass is 9.99. The number of hydrogen-bond donors (Lipinski definition) is 2. The maximum absolute atomic E-state index is 12.4. The zero-order chi connectivity index (χ0) is 17.0. The van der Waals surface area contributed by atoms with Crippen molar-refractivity contribution in [3.8, 4) is 5.75 Å². The monoisotopic (exact) mass is 325 g/mol. The molecule has 0 bridgehead atoms. The van der Waals surface area contributed by atoms with Crippen LogP contribution in [-0.4, -0.2) is 34.0 Å². The summed E-state index contributed by atoms with van der Waals surface area (Å²) in [4.78, 5) is 12.2. The molecule has 1 amide bonds. The van der Waals surface area contributed by atoms with E-state index >= 15 is 0 Å². The van der Waals surface area contributed by atoms with Crippen molar-refractivity contribution >= 4 is 5.91 Å². The fraction of sp³-hybridized carbons (Fsp3) is 0.333. The molecule has 2 rings (SSSR count). The second-order valence-electron chi connectivity index (χ2n) is 5.23. The molecule has 0 aliphatic rings. The van der Waals surface area contributed by atoms with E-state index in [0.29, 0.717) is 5.56 Å². The highest BCUT2D eigenvalue weighted by Crippen LogP contribution is 2.22. The number of para-hydroxylation sites is 1. The summed E-state index contributed by atoms with van der Waals surface area (Å²) in [5.41, 5.74) is -0.852. The van der Waals surface area contributed by atoms with Crippen molar-refractivity contribution < 1.29 is 23.4 Å². The molecule has 1 heterocycles. The fourth-order valence-corrected chi connectivity index (χ4v) is 2.00. The first-order valence-corrected chi connectivity index (χ1v) is 6.83. The van der Waals surface area contributed by atoms with Crippen molar-refractivity contribution in [3.05, 3.63) is 47.8 Å². The van der Waals surface area contributed by atoms with E-state index in [0.717, 1.165) is 0 Å². The van der Waals surface area contributed by atoms with Crippen LogP contribution < -0.4 is 10.1 Å². The van der Waals surface area contributed by atoms with Crippen LogP contribution in [0, 0.1) is 0 Å². The first kappa shape index (κ1) is 16.9. The molecule has 1 unspecified atom stereocenters. The van der Waals surface area contributed by atoms with Gasteiger partial charge in [-0.25, -0.2) is 0 Å². The van der Waals surface area contributed by atoms with Gasteiger partial charge < -0.3 is 15.2 Å². The highest BCUT2D eigenvalue weighted by atomic mass is 19.3. The molecule has 1 atom stereocenters. The molecule has 2 N–H and O–H groups in total. The number of amides is 1. The number of carbonyl (C=O) groups excluding carboxylic acids is 1. The van der Waals surface area contributed by atoms with Crippen LogP contribution in [0.25, 0.3) is 0 Å². The van der Waals surface area contributed by atoms with Gasteiger partial charge in [-0.2, -0.15) is 13.9 Å². The van der Waals surface area contributed by atoms with Gasteiger partial charge in [0.05, 0.1) is 18.3 Å². The summed E-state index contributed by atoms with van der Waals surface area (Å²) < 4.78 is 30.6. The molecule has 0 saturated carbocycles. The van der Waals surface area contributed by atoms with Gasteiger partial charge in [-0.05, 0) is 19.1 Å². The number of aryl methyl sites for hydroxylation is 1. The molecular weight excluding hydrogens is 308 g/mol. The number of aromatic nitrogens is 2. The Kier molecular flexibility index (Phi) is 4.95. The number of rotatable bonds is 6. The average Bonchev–Trinajstić information content (AvgIpc) is 2.92. The van der Waals surface area contributed by atoms with Gasteiger partial charge in [-0.15, -0.1) is 0 Å². The maximum atomic E-state index is 12.4. The second-order valence-corrected chi connectivity index (χ2v) is 5.23. The quantitative estimate of drug-likeness (QED) is 0.847. The predicted octanol–water partition coefficient (Wildman–Crippen LogP) is 1.66. The summed E-state index contributed by atoms with van der Waals surface area (Å²) in [5, 5.41) is 16.9. The van der Waals surface area contributed by atoms with Crippen molar-refractivity contribution in [2.45, 2.75) is 19.1 Å². The third kappa shape index (κ3) is 4.26. The molecule has 0 spiro atoms. The van der Waals surface area contributed by atoms with Crippen molar-refractivity contribution in [3.63, 3.8) is 0 Å². The Bertz CT molecular complexity index is 686. The minimum Gasteiger partial charge on any atom is -0.434 e. The number of benzene rings is 1. The Morgan fingerprint density at radius 3 is 2.78 bits per heavy atom. The predicted molar refractivity (Wildman–Crippen MR) is 78.2 cm³/mol. The van der Waals surface area contributed by atoms with Gasteiger partial charge >= 0.3 is 6.61 Å². The molecule has 0 fully saturated rings. The zero-order valence-electron chi connectivity index (χ0n) is 12.7. The normalized spacial score (nSPS) is 13.7. The van der Waals surface area contributed by atoms with Gasteiger partial charge in [0.15, 0.2) is 0 Å². The highest BCUT2D eigenvalue weighted by molar-refractivity contribution is 5.96. The maximum Gasteiger partial charge on any atom is 0.387 e. The summed E-state index contributed by atoms with van der Waals surface area (Å²) in [6.07, 6.45) is 3.11. The highest BCUT2D eigenvalue weighted by Gasteiger charge is 2.26. The van der Waals surface area contributed by atoms with Gasteiger partial charge in [0, 0.05) is 18.8 Å². The Hall–Kier alpha value is -2.48. The number of halogens is 2. The van der Waals surface area contributed by atoms with E-state index in [4.69, 9.17) is 0 Å². The van der Waals surface area contributed by atoms with Crippen molar-refractivity contribution in [2.24, 2.45) is 7.05 Å². The molecule has 1 aromatic carbocycles. The summed E-state index contributed by atoms with van der Waals surface area (Å²) in [7, 11) is 1.70. The first-order valence-electron chi connectivity index (χ1n) is 6.83. The molecule has 0 aliphatic heterocycles. The average molecular weight is 325 g/mol. The van der Waals surface area contributed by atoms with Crippen LogP contribution in [0.5, 0.6) is 5.75 Å². The lowest BCUT2D eigenvalue weighted by molar-refractivity contribution is -0.0502. The minimum atomic E-state index is -3.03. The van der Waals surface area contributed by atoms with Crippen LogP contribution in [0.1, 0.15) is 22.8 Å². The molecular formula is C15H17F2N3O3. The van der Waals surface area contributed by atoms with Crippen molar-refractivity contribution in [2.75, 3.05) is 6.54 Å². The van der Waals surface area contributed by atoms with E-state index in [-0.39, 0.29) is 17.9 Å². The third-order valence-electron chi connectivity index (χ3n) is 3.27. The Balaban J connectivity index is 2.08. The first-order chi connectivity index (χ1) is 10.8. The topological polar surface area (TPSA) is 76.4 Å². The van der Waals surface area contributed by atoms with Gasteiger partial charge in [-0.1, -0.05) is 12.1 Å². The van der Waals surface area contributed by atoms with E-state index in [1.165, 1.54) is 42.1 Å². The van der Waals surface area contributed by atoms with Crippen LogP contribution in [0.4, 0.5) is 8.78 Å². The third-order valence-corrected chi connectivity index (χ3v) is 3.27. The SMILES string of the molecule is Cn1cc(C(C)(O)CNC(=O)c2ccccc2OC(F)F)cn1. The van der Waals surface area contributed by atoms with Crippen LogP contribution in [0.2, 0.25) is 0 Å². The molecule has 2 aromatic rings. The summed E-state index contributed by atoms with van der Waals surface area (Å²) in [5.74, 6) is -0.841. The second kappa shape index (κ2) is 6.74. The summed E-state index contributed by atoms with van der Waals surface area (Å²) >= 11 is 0. The van der Waals surface area contributed by atoms with Gasteiger partial charge in [0.1, 0.15) is 11.4 Å². The van der Waals surface area contributed by atoms with E-state index in [1.807, 2.05) is 0 Å². The Morgan fingerprint density at radius 2 is 2.17 bits per heavy atom. The van der Waals surface area contributed by atoms with E-state index in [2.05, 4.69) is 15.2 Å².